The number of hydrogen-bond acceptors (Lipinski definition) is 4. The van der Waals surface area contributed by atoms with Crippen molar-refractivity contribution in [2.45, 2.75) is 46.1 Å². The number of aryl methyl sites for hydroxylation is 2. The van der Waals surface area contributed by atoms with Crippen LogP contribution < -0.4 is 5.56 Å². The van der Waals surface area contributed by atoms with E-state index in [9.17, 15) is 9.59 Å². The number of rotatable bonds is 5. The van der Waals surface area contributed by atoms with Crippen molar-refractivity contribution >= 4 is 27.5 Å². The van der Waals surface area contributed by atoms with E-state index in [0.717, 1.165) is 41.9 Å². The van der Waals surface area contributed by atoms with Crippen molar-refractivity contribution < 1.29 is 4.79 Å². The standard InChI is InChI=1S/C23H27N3O2S/c1-3-17-5-4-11-25(13-17)20(27)10-12-26-15-24-22-21(23(26)28)19(14-29-22)18-8-6-16(2)7-9-18/h6-9,14-15,17H,3-5,10-13H2,1-2H3. The number of amides is 1. The largest absolute Gasteiger partial charge is 0.342 e. The van der Waals surface area contributed by atoms with Crippen molar-refractivity contribution in [1.29, 1.82) is 0 Å². The fourth-order valence-corrected chi connectivity index (χ4v) is 4.98. The normalized spacial score (nSPS) is 17.0. The summed E-state index contributed by atoms with van der Waals surface area (Å²) in [4.78, 5) is 33.0. The van der Waals surface area contributed by atoms with Gasteiger partial charge < -0.3 is 4.90 Å². The zero-order valence-electron chi connectivity index (χ0n) is 17.1. The second-order valence-electron chi connectivity index (χ2n) is 7.94. The van der Waals surface area contributed by atoms with Gasteiger partial charge in [0.2, 0.25) is 5.91 Å². The number of nitrogens with zero attached hydrogens (tertiary/aromatic N) is 3. The number of fused-ring (bicyclic) bond motifs is 1. The monoisotopic (exact) mass is 409 g/mol. The molecule has 29 heavy (non-hydrogen) atoms. The average molecular weight is 410 g/mol. The molecule has 1 fully saturated rings. The Morgan fingerprint density at radius 1 is 1.28 bits per heavy atom. The van der Waals surface area contributed by atoms with Gasteiger partial charge in [0.05, 0.1) is 11.7 Å². The predicted molar refractivity (Wildman–Crippen MR) is 118 cm³/mol. The number of carbonyl (C=O) groups is 1. The zero-order valence-corrected chi connectivity index (χ0v) is 17.9. The third-order valence-corrected chi connectivity index (χ3v) is 6.83. The molecular weight excluding hydrogens is 382 g/mol. The molecule has 152 valence electrons. The van der Waals surface area contributed by atoms with E-state index < -0.39 is 0 Å². The summed E-state index contributed by atoms with van der Waals surface area (Å²) in [6.45, 7) is 6.29. The number of benzene rings is 1. The molecule has 0 saturated carbocycles. The van der Waals surface area contributed by atoms with E-state index in [1.54, 1.807) is 10.9 Å². The maximum absolute atomic E-state index is 13.1. The van der Waals surface area contributed by atoms with Gasteiger partial charge in [0.15, 0.2) is 0 Å². The van der Waals surface area contributed by atoms with Crippen LogP contribution in [-0.2, 0) is 11.3 Å². The van der Waals surface area contributed by atoms with Crippen LogP contribution >= 0.6 is 11.3 Å². The summed E-state index contributed by atoms with van der Waals surface area (Å²) in [5.41, 5.74) is 3.06. The quantitative estimate of drug-likeness (QED) is 0.625. The smallest absolute Gasteiger partial charge is 0.262 e. The lowest BCUT2D eigenvalue weighted by Gasteiger charge is -2.32. The van der Waals surface area contributed by atoms with Gasteiger partial charge in [-0.2, -0.15) is 0 Å². The summed E-state index contributed by atoms with van der Waals surface area (Å²) in [5.74, 6) is 0.746. The first-order valence-electron chi connectivity index (χ1n) is 10.4. The van der Waals surface area contributed by atoms with E-state index in [0.29, 0.717) is 24.3 Å². The number of likely N-dealkylation sites (tertiary alicyclic amines) is 1. The molecule has 3 heterocycles. The number of hydrogen-bond donors (Lipinski definition) is 0. The van der Waals surface area contributed by atoms with Crippen molar-refractivity contribution in [3.8, 4) is 11.1 Å². The number of piperidine rings is 1. The van der Waals surface area contributed by atoms with Gasteiger partial charge in [-0.1, -0.05) is 43.2 Å². The number of thiophene rings is 1. The molecule has 0 N–H and O–H groups in total. The van der Waals surface area contributed by atoms with Gasteiger partial charge in [0.25, 0.3) is 5.56 Å². The zero-order chi connectivity index (χ0) is 20.4. The molecule has 5 nitrogen and oxygen atoms in total. The van der Waals surface area contributed by atoms with Gasteiger partial charge in [0, 0.05) is 37.0 Å². The predicted octanol–water partition coefficient (Wildman–Crippen LogP) is 4.47. The second kappa shape index (κ2) is 8.49. The first-order valence-corrected chi connectivity index (χ1v) is 11.3. The molecule has 1 atom stereocenters. The number of aromatic nitrogens is 2. The Balaban J connectivity index is 1.55. The Hall–Kier alpha value is -2.47. The first kappa shape index (κ1) is 19.8. The molecule has 0 aliphatic carbocycles. The maximum atomic E-state index is 13.1. The molecule has 3 aromatic rings. The molecule has 1 aromatic carbocycles. The minimum absolute atomic E-state index is 0.0651. The third kappa shape index (κ3) is 4.13. The van der Waals surface area contributed by atoms with Crippen molar-refractivity contribution in [1.82, 2.24) is 14.5 Å². The molecule has 4 rings (SSSR count). The molecule has 1 unspecified atom stereocenters. The van der Waals surface area contributed by atoms with Crippen LogP contribution in [0.1, 0.15) is 38.2 Å². The van der Waals surface area contributed by atoms with Crippen LogP contribution in [0.15, 0.2) is 40.8 Å². The Labute approximate surface area is 175 Å². The van der Waals surface area contributed by atoms with Crippen molar-refractivity contribution in [3.63, 3.8) is 0 Å². The Morgan fingerprint density at radius 3 is 2.83 bits per heavy atom. The average Bonchev–Trinajstić information content (AvgIpc) is 3.18. The highest BCUT2D eigenvalue weighted by Crippen LogP contribution is 2.30. The Morgan fingerprint density at radius 2 is 2.07 bits per heavy atom. The van der Waals surface area contributed by atoms with Gasteiger partial charge in [-0.3, -0.25) is 14.2 Å². The molecule has 0 radical (unpaired) electrons. The molecule has 1 saturated heterocycles. The molecule has 0 bridgehead atoms. The third-order valence-electron chi connectivity index (χ3n) is 5.94. The molecule has 1 aliphatic heterocycles. The molecule has 1 amide bonds. The lowest BCUT2D eigenvalue weighted by Crippen LogP contribution is -2.40. The van der Waals surface area contributed by atoms with Crippen LogP contribution in [0.3, 0.4) is 0 Å². The SMILES string of the molecule is CCC1CCCN(C(=O)CCn2cnc3scc(-c4ccc(C)cc4)c3c2=O)C1. The summed E-state index contributed by atoms with van der Waals surface area (Å²) < 4.78 is 1.59. The van der Waals surface area contributed by atoms with Crippen LogP contribution in [0.2, 0.25) is 0 Å². The highest BCUT2D eigenvalue weighted by molar-refractivity contribution is 7.17. The molecule has 1 aliphatic rings. The van der Waals surface area contributed by atoms with Crippen molar-refractivity contribution in [2.24, 2.45) is 5.92 Å². The van der Waals surface area contributed by atoms with Gasteiger partial charge in [-0.25, -0.2) is 4.98 Å². The van der Waals surface area contributed by atoms with E-state index in [4.69, 9.17) is 0 Å². The topological polar surface area (TPSA) is 55.2 Å². The lowest BCUT2D eigenvalue weighted by atomic mass is 9.95. The van der Waals surface area contributed by atoms with Gasteiger partial charge in [-0.05, 0) is 31.2 Å². The minimum atomic E-state index is -0.0651. The molecule has 6 heteroatoms. The highest BCUT2D eigenvalue weighted by Gasteiger charge is 2.22. The fourth-order valence-electron chi connectivity index (χ4n) is 4.07. The second-order valence-corrected chi connectivity index (χ2v) is 8.80. The summed E-state index contributed by atoms with van der Waals surface area (Å²) in [5, 5.41) is 2.65. The van der Waals surface area contributed by atoms with Crippen molar-refractivity contribution in [3.05, 3.63) is 51.9 Å². The summed E-state index contributed by atoms with van der Waals surface area (Å²) in [7, 11) is 0. The van der Waals surface area contributed by atoms with Crippen LogP contribution in [-0.4, -0.2) is 33.4 Å². The van der Waals surface area contributed by atoms with E-state index >= 15 is 0 Å². The Bertz CT molecular complexity index is 1070. The van der Waals surface area contributed by atoms with Crippen LogP contribution in [0.4, 0.5) is 0 Å². The van der Waals surface area contributed by atoms with E-state index in [2.05, 4.69) is 24.0 Å². The summed E-state index contributed by atoms with van der Waals surface area (Å²) >= 11 is 1.49. The van der Waals surface area contributed by atoms with Crippen LogP contribution in [0.5, 0.6) is 0 Å². The Kier molecular flexibility index (Phi) is 5.81. The van der Waals surface area contributed by atoms with Gasteiger partial charge in [-0.15, -0.1) is 11.3 Å². The lowest BCUT2D eigenvalue weighted by molar-refractivity contribution is -0.133. The first-order chi connectivity index (χ1) is 14.1. The fraction of sp³-hybridized carbons (Fsp3) is 0.435. The van der Waals surface area contributed by atoms with Gasteiger partial charge >= 0.3 is 0 Å². The summed E-state index contributed by atoms with van der Waals surface area (Å²) in [6.07, 6.45) is 5.32. The van der Waals surface area contributed by atoms with Crippen molar-refractivity contribution in [2.75, 3.05) is 13.1 Å². The van der Waals surface area contributed by atoms with Gasteiger partial charge in [0.1, 0.15) is 4.83 Å². The van der Waals surface area contributed by atoms with Crippen LogP contribution in [0, 0.1) is 12.8 Å². The van der Waals surface area contributed by atoms with E-state index in [-0.39, 0.29) is 11.5 Å². The molecular formula is C23H27N3O2S. The van der Waals surface area contributed by atoms with Crippen LogP contribution in [0.25, 0.3) is 21.3 Å². The number of carbonyl (C=O) groups excluding carboxylic acids is 1. The summed E-state index contributed by atoms with van der Waals surface area (Å²) in [6, 6.07) is 8.18. The molecule has 2 aromatic heterocycles. The van der Waals surface area contributed by atoms with E-state index in [1.165, 1.54) is 23.3 Å². The molecule has 0 spiro atoms. The van der Waals surface area contributed by atoms with E-state index in [1.807, 2.05) is 29.3 Å². The minimum Gasteiger partial charge on any atom is -0.342 e. The highest BCUT2D eigenvalue weighted by atomic mass is 32.1. The maximum Gasteiger partial charge on any atom is 0.262 e.